The van der Waals surface area contributed by atoms with E-state index in [2.05, 4.69) is 31.3 Å². The summed E-state index contributed by atoms with van der Waals surface area (Å²) in [6.07, 6.45) is 1.41. The van der Waals surface area contributed by atoms with Crippen LogP contribution in [-0.4, -0.2) is 65.1 Å². The molecule has 2 aliphatic rings. The highest BCUT2D eigenvalue weighted by Crippen LogP contribution is 2.26. The summed E-state index contributed by atoms with van der Waals surface area (Å²) in [5.41, 5.74) is 3.26. The Morgan fingerprint density at radius 1 is 1.00 bits per heavy atom. The van der Waals surface area contributed by atoms with Gasteiger partial charge in [0.05, 0.1) is 26.3 Å². The third-order valence-corrected chi connectivity index (χ3v) is 5.55. The van der Waals surface area contributed by atoms with E-state index in [1.54, 1.807) is 0 Å². The SMILES string of the molecule is [2H]C1(N2CCN(c3cc(C)cc(Nc4ncn(-c5cc(F)cc(F)c5)n4)c3)CC2)COC1. The molecule has 1 aromatic heterocycles. The highest BCUT2D eigenvalue weighted by Gasteiger charge is 2.29. The lowest BCUT2D eigenvalue weighted by molar-refractivity contribution is -0.0660. The summed E-state index contributed by atoms with van der Waals surface area (Å²) in [6.45, 7) is 6.29. The molecule has 9 heteroatoms. The first-order chi connectivity index (χ1) is 15.4. The van der Waals surface area contributed by atoms with Crippen LogP contribution in [-0.2, 0) is 4.74 Å². The van der Waals surface area contributed by atoms with Crippen molar-refractivity contribution in [3.8, 4) is 5.69 Å². The van der Waals surface area contributed by atoms with Gasteiger partial charge in [-0.15, -0.1) is 5.10 Å². The van der Waals surface area contributed by atoms with Crippen LogP contribution in [0.4, 0.5) is 26.1 Å². The van der Waals surface area contributed by atoms with Crippen LogP contribution in [0.25, 0.3) is 5.69 Å². The molecule has 3 heterocycles. The standard InChI is InChI=1S/C22H24F2N6O/c1-15-6-18(11-19(7-15)28-2-4-29(5-3-28)21-12-31-13-21)26-22-25-14-30(27-22)20-9-16(23)8-17(24)10-20/h6-11,14,21H,2-5,12-13H2,1H3,(H,26,27)/i21D. The van der Waals surface area contributed by atoms with Crippen LogP contribution in [0.1, 0.15) is 6.93 Å². The molecule has 3 aromatic rings. The summed E-state index contributed by atoms with van der Waals surface area (Å²) in [5.74, 6) is -1.01. The Bertz CT molecular complexity index is 1110. The Kier molecular flexibility index (Phi) is 4.97. The van der Waals surface area contributed by atoms with Crippen LogP contribution in [0.15, 0.2) is 42.7 Å². The normalized spacial score (nSPS) is 19.1. The van der Waals surface area contributed by atoms with Crippen LogP contribution in [0, 0.1) is 18.6 Å². The molecule has 2 saturated heterocycles. The molecule has 2 fully saturated rings. The molecule has 0 saturated carbocycles. The Morgan fingerprint density at radius 2 is 1.74 bits per heavy atom. The number of nitrogens with one attached hydrogen (secondary N) is 1. The van der Waals surface area contributed by atoms with Crippen LogP contribution in [0.3, 0.4) is 0 Å². The van der Waals surface area contributed by atoms with Crippen LogP contribution < -0.4 is 10.2 Å². The summed E-state index contributed by atoms with van der Waals surface area (Å²) in [6, 6.07) is 8.80. The molecule has 2 aromatic carbocycles. The molecular weight excluding hydrogens is 402 g/mol. The third-order valence-electron chi connectivity index (χ3n) is 5.55. The first-order valence-electron chi connectivity index (χ1n) is 10.7. The fourth-order valence-electron chi connectivity index (χ4n) is 3.92. The number of hydrogen-bond donors (Lipinski definition) is 1. The van der Waals surface area contributed by atoms with E-state index in [0.717, 1.165) is 49.2 Å². The van der Waals surface area contributed by atoms with Crippen LogP contribution >= 0.6 is 0 Å². The largest absolute Gasteiger partial charge is 0.378 e. The van der Waals surface area contributed by atoms with Gasteiger partial charge in [0.1, 0.15) is 18.0 Å². The summed E-state index contributed by atoms with van der Waals surface area (Å²) in [7, 11) is 0. The van der Waals surface area contributed by atoms with Crippen molar-refractivity contribution in [1.82, 2.24) is 19.7 Å². The molecule has 5 rings (SSSR count). The molecule has 162 valence electrons. The zero-order chi connectivity index (χ0) is 22.3. The van der Waals surface area contributed by atoms with Gasteiger partial charge < -0.3 is 15.0 Å². The Balaban J connectivity index is 1.29. The zero-order valence-corrected chi connectivity index (χ0v) is 17.2. The summed E-state index contributed by atoms with van der Waals surface area (Å²) >= 11 is 0. The number of rotatable bonds is 5. The zero-order valence-electron chi connectivity index (χ0n) is 18.2. The van der Waals surface area contributed by atoms with Gasteiger partial charge in [0, 0.05) is 43.6 Å². The van der Waals surface area contributed by atoms with E-state index in [4.69, 9.17) is 6.11 Å². The number of nitrogens with zero attached hydrogens (tertiary/aromatic N) is 5. The van der Waals surface area contributed by atoms with Gasteiger partial charge in [0.25, 0.3) is 0 Å². The average Bonchev–Trinajstić information content (AvgIpc) is 3.19. The van der Waals surface area contributed by atoms with E-state index in [1.807, 2.05) is 19.1 Å². The maximum atomic E-state index is 13.5. The highest BCUT2D eigenvalue weighted by atomic mass is 19.1. The molecule has 0 spiro atoms. The Labute approximate surface area is 180 Å². The van der Waals surface area contributed by atoms with Crippen molar-refractivity contribution < 1.29 is 14.9 Å². The van der Waals surface area contributed by atoms with Crippen LogP contribution in [0.5, 0.6) is 0 Å². The summed E-state index contributed by atoms with van der Waals surface area (Å²) < 4.78 is 42.0. The number of ether oxygens (including phenoxy) is 1. The second kappa shape index (κ2) is 8.24. The van der Waals surface area contributed by atoms with Gasteiger partial charge in [0.2, 0.25) is 5.95 Å². The first kappa shape index (κ1) is 18.7. The van der Waals surface area contributed by atoms with E-state index in [9.17, 15) is 8.78 Å². The number of benzene rings is 2. The molecule has 31 heavy (non-hydrogen) atoms. The molecule has 0 atom stereocenters. The van der Waals surface area contributed by atoms with E-state index >= 15 is 0 Å². The molecule has 0 amide bonds. The molecule has 2 aliphatic heterocycles. The fraction of sp³-hybridized carbons (Fsp3) is 0.364. The lowest BCUT2D eigenvalue weighted by Gasteiger charge is -2.43. The van der Waals surface area contributed by atoms with E-state index in [-0.39, 0.29) is 5.69 Å². The summed E-state index contributed by atoms with van der Waals surface area (Å²) in [5, 5.41) is 7.47. The lowest BCUT2D eigenvalue weighted by atomic mass is 10.1. The van der Waals surface area contributed by atoms with Gasteiger partial charge in [-0.3, -0.25) is 4.90 Å². The lowest BCUT2D eigenvalue weighted by Crippen LogP contribution is -2.56. The second-order valence-corrected chi connectivity index (χ2v) is 7.86. The van der Waals surface area contributed by atoms with E-state index in [1.165, 1.54) is 23.1 Å². The van der Waals surface area contributed by atoms with Crippen molar-refractivity contribution >= 4 is 17.3 Å². The molecule has 1 N–H and O–H groups in total. The third kappa shape index (κ3) is 4.38. The summed E-state index contributed by atoms with van der Waals surface area (Å²) in [4.78, 5) is 8.71. The minimum Gasteiger partial charge on any atom is -0.378 e. The Morgan fingerprint density at radius 3 is 2.42 bits per heavy atom. The maximum absolute atomic E-state index is 13.5. The second-order valence-electron chi connectivity index (χ2n) is 7.86. The van der Waals surface area contributed by atoms with Crippen molar-refractivity contribution in [3.63, 3.8) is 0 Å². The van der Waals surface area contributed by atoms with Crippen molar-refractivity contribution in [1.29, 1.82) is 0 Å². The first-order valence-corrected chi connectivity index (χ1v) is 10.2. The number of halogens is 2. The molecule has 0 radical (unpaired) electrons. The fourth-order valence-corrected chi connectivity index (χ4v) is 3.92. The average molecular weight is 427 g/mol. The molecule has 0 bridgehead atoms. The van der Waals surface area contributed by atoms with Crippen LogP contribution in [0.2, 0.25) is 0 Å². The smallest absolute Gasteiger partial charge is 0.246 e. The molecule has 0 aliphatic carbocycles. The van der Waals surface area contributed by atoms with Gasteiger partial charge in [-0.25, -0.2) is 13.5 Å². The quantitative estimate of drug-likeness (QED) is 0.675. The molecule has 0 unspecified atom stereocenters. The number of piperazine rings is 1. The minimum atomic E-state index is -0.672. The number of aromatic nitrogens is 3. The Hall–Kier alpha value is -3.04. The van der Waals surface area contributed by atoms with Crippen molar-refractivity contribution in [2.45, 2.75) is 12.9 Å². The predicted octanol–water partition coefficient (Wildman–Crippen LogP) is 3.12. The topological polar surface area (TPSA) is 58.5 Å². The highest BCUT2D eigenvalue weighted by molar-refractivity contribution is 5.64. The van der Waals surface area contributed by atoms with Gasteiger partial charge in [0.15, 0.2) is 0 Å². The van der Waals surface area contributed by atoms with Gasteiger partial charge in [-0.1, -0.05) is 0 Å². The molecule has 7 nitrogen and oxygen atoms in total. The molecular formula is C22H24F2N6O. The van der Waals surface area contributed by atoms with Gasteiger partial charge in [-0.05, 0) is 42.8 Å². The van der Waals surface area contributed by atoms with Crippen molar-refractivity contribution in [3.05, 3.63) is 59.9 Å². The minimum absolute atomic E-state index is 0.259. The predicted molar refractivity (Wildman–Crippen MR) is 114 cm³/mol. The maximum Gasteiger partial charge on any atom is 0.246 e. The monoisotopic (exact) mass is 427 g/mol. The van der Waals surface area contributed by atoms with E-state index in [0.29, 0.717) is 19.2 Å². The number of hydrogen-bond acceptors (Lipinski definition) is 6. The van der Waals surface area contributed by atoms with Crippen molar-refractivity contribution in [2.24, 2.45) is 0 Å². The van der Waals surface area contributed by atoms with Gasteiger partial charge in [-0.2, -0.15) is 4.98 Å². The number of anilines is 3. The van der Waals surface area contributed by atoms with E-state index < -0.39 is 17.7 Å². The number of aryl methyl sites for hydroxylation is 1. The van der Waals surface area contributed by atoms with Gasteiger partial charge >= 0.3 is 0 Å². The van der Waals surface area contributed by atoms with Crippen molar-refractivity contribution in [2.75, 3.05) is 49.6 Å².